The summed E-state index contributed by atoms with van der Waals surface area (Å²) in [6.07, 6.45) is -0.00730. The summed E-state index contributed by atoms with van der Waals surface area (Å²) in [6, 6.07) is 5.37. The lowest BCUT2D eigenvalue weighted by Gasteiger charge is -2.12. The SMILES string of the molecule is CCCCCCCCOC(=O)Oc1cc(C(F)(F)F)nnc1-c1ccc(F)cc1. The number of ether oxygens (including phenoxy) is 2. The van der Waals surface area contributed by atoms with E-state index >= 15 is 0 Å². The van der Waals surface area contributed by atoms with Crippen LogP contribution in [0.15, 0.2) is 30.3 Å². The van der Waals surface area contributed by atoms with Crippen molar-refractivity contribution in [1.82, 2.24) is 10.2 Å². The molecule has 1 aromatic carbocycles. The highest BCUT2D eigenvalue weighted by molar-refractivity contribution is 5.71. The molecular weight excluding hydrogens is 392 g/mol. The quantitative estimate of drug-likeness (QED) is 0.279. The van der Waals surface area contributed by atoms with Crippen molar-refractivity contribution in [2.45, 2.75) is 51.6 Å². The Morgan fingerprint density at radius 3 is 2.31 bits per heavy atom. The average Bonchev–Trinajstić information content (AvgIpc) is 2.67. The Kier molecular flexibility index (Phi) is 8.35. The molecule has 1 heterocycles. The van der Waals surface area contributed by atoms with E-state index in [1.54, 1.807) is 0 Å². The summed E-state index contributed by atoms with van der Waals surface area (Å²) < 4.78 is 61.8. The largest absolute Gasteiger partial charge is 0.513 e. The van der Waals surface area contributed by atoms with E-state index in [1.165, 1.54) is 12.1 Å². The van der Waals surface area contributed by atoms with Crippen LogP contribution in [-0.4, -0.2) is 23.0 Å². The lowest BCUT2D eigenvalue weighted by molar-refractivity contribution is -0.141. The lowest BCUT2D eigenvalue weighted by atomic mass is 10.1. The van der Waals surface area contributed by atoms with Crippen LogP contribution >= 0.6 is 0 Å². The Morgan fingerprint density at radius 1 is 1.00 bits per heavy atom. The van der Waals surface area contributed by atoms with Crippen LogP contribution in [0.2, 0.25) is 0 Å². The predicted octanol–water partition coefficient (Wildman–Crippen LogP) is 6.18. The minimum Gasteiger partial charge on any atom is -0.434 e. The molecule has 158 valence electrons. The summed E-state index contributed by atoms with van der Waals surface area (Å²) in [5, 5.41) is 6.64. The van der Waals surface area contributed by atoms with Crippen LogP contribution in [0.4, 0.5) is 22.4 Å². The molecule has 0 unspecified atom stereocenters. The molecule has 0 saturated carbocycles. The Hall–Kier alpha value is -2.71. The summed E-state index contributed by atoms with van der Waals surface area (Å²) in [5.74, 6) is -0.999. The molecule has 0 aliphatic heterocycles. The zero-order chi connectivity index (χ0) is 21.3. The first-order valence-corrected chi connectivity index (χ1v) is 9.36. The third-order valence-electron chi connectivity index (χ3n) is 4.08. The maximum atomic E-state index is 13.1. The van der Waals surface area contributed by atoms with Gasteiger partial charge in [0.2, 0.25) is 0 Å². The molecule has 0 N–H and O–H groups in total. The van der Waals surface area contributed by atoms with Crippen LogP contribution in [0.3, 0.4) is 0 Å². The Labute approximate surface area is 166 Å². The highest BCUT2D eigenvalue weighted by Crippen LogP contribution is 2.34. The van der Waals surface area contributed by atoms with Crippen molar-refractivity contribution in [3.63, 3.8) is 0 Å². The monoisotopic (exact) mass is 414 g/mol. The fraction of sp³-hybridized carbons (Fsp3) is 0.450. The number of benzene rings is 1. The highest BCUT2D eigenvalue weighted by Gasteiger charge is 2.34. The van der Waals surface area contributed by atoms with Gasteiger partial charge >= 0.3 is 12.3 Å². The summed E-state index contributed by atoms with van der Waals surface area (Å²) in [7, 11) is 0. The van der Waals surface area contributed by atoms with Crippen molar-refractivity contribution in [3.05, 3.63) is 41.8 Å². The number of hydrogen-bond donors (Lipinski definition) is 0. The van der Waals surface area contributed by atoms with Gasteiger partial charge < -0.3 is 9.47 Å². The number of nitrogens with zero attached hydrogens (tertiary/aromatic N) is 2. The normalized spacial score (nSPS) is 11.3. The van der Waals surface area contributed by atoms with Gasteiger partial charge in [0.15, 0.2) is 11.4 Å². The van der Waals surface area contributed by atoms with Crippen molar-refractivity contribution in [2.24, 2.45) is 0 Å². The van der Waals surface area contributed by atoms with E-state index in [1.807, 2.05) is 0 Å². The van der Waals surface area contributed by atoms with Crippen molar-refractivity contribution >= 4 is 6.16 Å². The molecule has 9 heteroatoms. The summed E-state index contributed by atoms with van der Waals surface area (Å²) >= 11 is 0. The molecule has 0 saturated heterocycles. The summed E-state index contributed by atoms with van der Waals surface area (Å²) in [4.78, 5) is 11.9. The second-order valence-electron chi connectivity index (χ2n) is 6.42. The van der Waals surface area contributed by atoms with Gasteiger partial charge in [0.25, 0.3) is 0 Å². The maximum Gasteiger partial charge on any atom is 0.513 e. The van der Waals surface area contributed by atoms with Crippen molar-refractivity contribution in [3.8, 4) is 17.0 Å². The number of alkyl halides is 3. The molecule has 0 amide bonds. The van der Waals surface area contributed by atoms with E-state index in [4.69, 9.17) is 9.47 Å². The zero-order valence-corrected chi connectivity index (χ0v) is 16.0. The molecule has 2 rings (SSSR count). The molecule has 5 nitrogen and oxygen atoms in total. The summed E-state index contributed by atoms with van der Waals surface area (Å²) in [5.41, 5.74) is -1.21. The number of carbonyl (C=O) groups excluding carboxylic acids is 1. The van der Waals surface area contributed by atoms with Crippen molar-refractivity contribution in [2.75, 3.05) is 6.61 Å². The number of rotatable bonds is 9. The van der Waals surface area contributed by atoms with Gasteiger partial charge in [-0.15, -0.1) is 10.2 Å². The molecule has 0 atom stereocenters. The zero-order valence-electron chi connectivity index (χ0n) is 16.0. The highest BCUT2D eigenvalue weighted by atomic mass is 19.4. The topological polar surface area (TPSA) is 61.3 Å². The Morgan fingerprint density at radius 2 is 1.66 bits per heavy atom. The van der Waals surface area contributed by atoms with Crippen LogP contribution in [0.25, 0.3) is 11.3 Å². The maximum absolute atomic E-state index is 13.1. The van der Waals surface area contributed by atoms with Gasteiger partial charge in [0.1, 0.15) is 11.5 Å². The molecule has 0 radical (unpaired) electrons. The number of aromatic nitrogens is 2. The molecule has 0 fully saturated rings. The van der Waals surface area contributed by atoms with Gasteiger partial charge in [-0.2, -0.15) is 13.2 Å². The first-order valence-electron chi connectivity index (χ1n) is 9.36. The molecule has 0 aliphatic rings. The first kappa shape index (κ1) is 22.6. The number of carbonyl (C=O) groups is 1. The standard InChI is InChI=1S/C20H22F4N2O3/c1-2-3-4-5-6-7-12-28-19(27)29-16-13-17(20(22,23)24)25-26-18(16)14-8-10-15(21)11-9-14/h8-11,13H,2-7,12H2,1H3. The van der Waals surface area contributed by atoms with Gasteiger partial charge in [-0.1, -0.05) is 39.0 Å². The molecule has 29 heavy (non-hydrogen) atoms. The van der Waals surface area contributed by atoms with Gasteiger partial charge in [0.05, 0.1) is 6.61 Å². The third-order valence-corrected chi connectivity index (χ3v) is 4.08. The molecule has 0 spiro atoms. The lowest BCUT2D eigenvalue weighted by Crippen LogP contribution is -2.15. The van der Waals surface area contributed by atoms with Crippen molar-refractivity contribution < 1.29 is 31.8 Å². The summed E-state index contributed by atoms with van der Waals surface area (Å²) in [6.45, 7) is 2.21. The Balaban J connectivity index is 2.06. The van der Waals surface area contributed by atoms with Crippen LogP contribution in [-0.2, 0) is 10.9 Å². The molecule has 0 bridgehead atoms. The second-order valence-corrected chi connectivity index (χ2v) is 6.42. The van der Waals surface area contributed by atoms with Crippen LogP contribution in [0, 0.1) is 5.82 Å². The molecular formula is C20H22F4N2O3. The number of hydrogen-bond acceptors (Lipinski definition) is 5. The van der Waals surface area contributed by atoms with Crippen LogP contribution < -0.4 is 4.74 Å². The molecule has 0 aliphatic carbocycles. The third kappa shape index (κ3) is 7.32. The molecule has 1 aromatic heterocycles. The van der Waals surface area contributed by atoms with E-state index in [0.717, 1.165) is 44.2 Å². The van der Waals surface area contributed by atoms with Gasteiger partial charge in [-0.3, -0.25) is 0 Å². The van der Waals surface area contributed by atoms with Gasteiger partial charge in [-0.25, -0.2) is 9.18 Å². The fourth-order valence-electron chi connectivity index (χ4n) is 2.56. The number of unbranched alkanes of at least 4 members (excludes halogenated alkanes) is 5. The number of halogens is 4. The second kappa shape index (κ2) is 10.7. The van der Waals surface area contributed by atoms with Crippen LogP contribution in [0.1, 0.15) is 51.1 Å². The van der Waals surface area contributed by atoms with Crippen LogP contribution in [0.5, 0.6) is 5.75 Å². The van der Waals surface area contributed by atoms with E-state index < -0.39 is 29.6 Å². The van der Waals surface area contributed by atoms with Gasteiger partial charge in [-0.05, 0) is 30.7 Å². The predicted molar refractivity (Wildman–Crippen MR) is 97.8 cm³/mol. The van der Waals surface area contributed by atoms with Crippen molar-refractivity contribution in [1.29, 1.82) is 0 Å². The minimum atomic E-state index is -4.77. The van der Waals surface area contributed by atoms with E-state index in [2.05, 4.69) is 17.1 Å². The van der Waals surface area contributed by atoms with Gasteiger partial charge in [0, 0.05) is 11.6 Å². The minimum absolute atomic E-state index is 0.0987. The van der Waals surface area contributed by atoms with E-state index in [0.29, 0.717) is 12.5 Å². The van der Waals surface area contributed by atoms with E-state index in [9.17, 15) is 22.4 Å². The van der Waals surface area contributed by atoms with E-state index in [-0.39, 0.29) is 17.9 Å². The fourth-order valence-corrected chi connectivity index (χ4v) is 2.56. The Bertz CT molecular complexity index is 795. The molecule has 2 aromatic rings. The average molecular weight is 414 g/mol. The first-order chi connectivity index (χ1) is 13.8. The smallest absolute Gasteiger partial charge is 0.434 e.